The number of benzene rings is 1. The molecule has 0 saturated carbocycles. The minimum atomic E-state index is -1.03. The Morgan fingerprint density at radius 2 is 2.19 bits per heavy atom. The normalized spacial score (nSPS) is 17.2. The van der Waals surface area contributed by atoms with Gasteiger partial charge in [-0.1, -0.05) is 0 Å². The third-order valence-electron chi connectivity index (χ3n) is 4.45. The number of fused-ring (bicyclic) bond motifs is 1. The van der Waals surface area contributed by atoms with Gasteiger partial charge in [-0.3, -0.25) is 4.79 Å². The van der Waals surface area contributed by atoms with Gasteiger partial charge in [0, 0.05) is 40.6 Å². The topological polar surface area (TPSA) is 118 Å². The molecule has 2 amide bonds. The van der Waals surface area contributed by atoms with E-state index in [9.17, 15) is 9.59 Å². The highest BCUT2D eigenvalue weighted by molar-refractivity contribution is 9.10. The average Bonchev–Trinajstić information content (AvgIpc) is 2.60. The van der Waals surface area contributed by atoms with Crippen molar-refractivity contribution in [2.45, 2.75) is 18.9 Å². The number of primary amides is 1. The van der Waals surface area contributed by atoms with E-state index in [2.05, 4.69) is 26.2 Å². The van der Waals surface area contributed by atoms with Crippen molar-refractivity contribution < 1.29 is 19.4 Å². The summed E-state index contributed by atoms with van der Waals surface area (Å²) in [5, 5.41) is 13.1. The molecule has 8 nitrogen and oxygen atoms in total. The van der Waals surface area contributed by atoms with E-state index in [0.717, 1.165) is 40.4 Å². The first-order valence-corrected chi connectivity index (χ1v) is 8.90. The highest BCUT2D eigenvalue weighted by atomic mass is 79.9. The summed E-state index contributed by atoms with van der Waals surface area (Å²) in [5.74, 6) is 0.524. The zero-order valence-corrected chi connectivity index (χ0v) is 15.7. The van der Waals surface area contributed by atoms with E-state index >= 15 is 0 Å². The zero-order valence-electron chi connectivity index (χ0n) is 14.2. The van der Waals surface area contributed by atoms with Gasteiger partial charge in [0.1, 0.15) is 11.6 Å². The number of carbonyl (C=O) groups excluding carboxylic acids is 1. The molecule has 2 heterocycles. The number of amides is 2. The van der Waals surface area contributed by atoms with Crippen LogP contribution in [-0.4, -0.2) is 48.3 Å². The van der Waals surface area contributed by atoms with E-state index in [-0.39, 0.29) is 6.04 Å². The molecule has 0 bridgehead atoms. The monoisotopic (exact) mass is 422 g/mol. The summed E-state index contributed by atoms with van der Waals surface area (Å²) < 4.78 is 6.05. The number of anilines is 1. The second-order valence-electron chi connectivity index (χ2n) is 6.13. The Labute approximate surface area is 158 Å². The number of rotatable bonds is 4. The number of piperidine rings is 1. The van der Waals surface area contributed by atoms with Crippen molar-refractivity contribution in [1.82, 2.24) is 10.3 Å². The van der Waals surface area contributed by atoms with E-state index in [1.807, 2.05) is 4.90 Å². The number of hydrogen-bond acceptors (Lipinski definition) is 5. The average molecular weight is 423 g/mol. The molecule has 1 saturated heterocycles. The van der Waals surface area contributed by atoms with Crippen LogP contribution in [0.4, 0.5) is 10.6 Å². The Morgan fingerprint density at radius 1 is 1.42 bits per heavy atom. The molecule has 0 radical (unpaired) electrons. The van der Waals surface area contributed by atoms with Crippen LogP contribution in [0.25, 0.3) is 10.8 Å². The van der Waals surface area contributed by atoms with Crippen molar-refractivity contribution in [3.8, 4) is 5.75 Å². The molecule has 2 aromatic rings. The molecule has 1 aliphatic rings. The van der Waals surface area contributed by atoms with E-state index in [1.165, 1.54) is 7.11 Å². The Kier molecular flexibility index (Phi) is 5.17. The molecule has 26 heavy (non-hydrogen) atoms. The van der Waals surface area contributed by atoms with Gasteiger partial charge in [0.2, 0.25) is 0 Å². The predicted octanol–water partition coefficient (Wildman–Crippen LogP) is 2.34. The third-order valence-corrected chi connectivity index (χ3v) is 5.08. The second kappa shape index (κ2) is 7.36. The lowest BCUT2D eigenvalue weighted by Gasteiger charge is -2.34. The number of methoxy groups -OCH3 is 1. The summed E-state index contributed by atoms with van der Waals surface area (Å²) in [7, 11) is 1.48. The number of aromatic nitrogens is 1. The highest BCUT2D eigenvalue weighted by Gasteiger charge is 2.24. The molecule has 9 heteroatoms. The van der Waals surface area contributed by atoms with Gasteiger partial charge in [-0.25, -0.2) is 9.78 Å². The summed E-state index contributed by atoms with van der Waals surface area (Å²) in [6.45, 7) is 1.29. The lowest BCUT2D eigenvalue weighted by Crippen LogP contribution is -2.47. The number of ether oxygens (including phenoxy) is 1. The van der Waals surface area contributed by atoms with Crippen molar-refractivity contribution in [3.05, 3.63) is 28.4 Å². The maximum Gasteiger partial charge on any atom is 0.404 e. The van der Waals surface area contributed by atoms with Gasteiger partial charge in [-0.2, -0.15) is 0 Å². The summed E-state index contributed by atoms with van der Waals surface area (Å²) in [6.07, 6.45) is 2.27. The lowest BCUT2D eigenvalue weighted by atomic mass is 10.0. The van der Waals surface area contributed by atoms with E-state index in [4.69, 9.17) is 15.6 Å². The summed E-state index contributed by atoms with van der Waals surface area (Å²) in [5.41, 5.74) is 5.75. The minimum absolute atomic E-state index is 0.159. The quantitative estimate of drug-likeness (QED) is 0.695. The first-order valence-electron chi connectivity index (χ1n) is 8.11. The molecule has 1 aromatic carbocycles. The number of nitrogens with two attached hydrogens (primary N) is 1. The van der Waals surface area contributed by atoms with Gasteiger partial charge >= 0.3 is 6.09 Å². The van der Waals surface area contributed by atoms with Gasteiger partial charge in [-0.15, -0.1) is 0 Å². The number of nitrogens with one attached hydrogen (secondary N) is 1. The molecular formula is C17H19BrN4O4. The Morgan fingerprint density at radius 3 is 2.85 bits per heavy atom. The molecule has 1 aliphatic heterocycles. The van der Waals surface area contributed by atoms with E-state index in [0.29, 0.717) is 17.9 Å². The minimum Gasteiger partial charge on any atom is -0.496 e. The molecule has 138 valence electrons. The number of carbonyl (C=O) groups is 2. The van der Waals surface area contributed by atoms with Crippen LogP contribution in [0.5, 0.6) is 5.75 Å². The fraction of sp³-hybridized carbons (Fsp3) is 0.353. The summed E-state index contributed by atoms with van der Waals surface area (Å²) in [4.78, 5) is 29.2. The molecule has 1 fully saturated rings. The third kappa shape index (κ3) is 3.52. The summed E-state index contributed by atoms with van der Waals surface area (Å²) >= 11 is 3.47. The smallest absolute Gasteiger partial charge is 0.404 e. The maximum atomic E-state index is 11.7. The number of halogens is 1. The van der Waals surface area contributed by atoms with Crippen molar-refractivity contribution in [2.75, 3.05) is 25.1 Å². The molecule has 1 atom stereocenters. The van der Waals surface area contributed by atoms with Crippen LogP contribution in [0.2, 0.25) is 0 Å². The Hall–Kier alpha value is -2.55. The number of carboxylic acid groups (broad SMARTS) is 1. The Bertz CT molecular complexity index is 873. The highest BCUT2D eigenvalue weighted by Crippen LogP contribution is 2.36. The van der Waals surface area contributed by atoms with Crippen LogP contribution in [0, 0.1) is 0 Å². The molecule has 4 N–H and O–H groups in total. The summed E-state index contributed by atoms with van der Waals surface area (Å²) in [6, 6.07) is 3.27. The van der Waals surface area contributed by atoms with Crippen LogP contribution in [0.3, 0.4) is 0 Å². The largest absolute Gasteiger partial charge is 0.496 e. The van der Waals surface area contributed by atoms with Crippen molar-refractivity contribution in [2.24, 2.45) is 5.73 Å². The first-order chi connectivity index (χ1) is 12.4. The van der Waals surface area contributed by atoms with Crippen LogP contribution < -0.4 is 20.7 Å². The van der Waals surface area contributed by atoms with Gasteiger partial charge in [0.05, 0.1) is 12.7 Å². The molecule has 3 rings (SSSR count). The van der Waals surface area contributed by atoms with Crippen LogP contribution >= 0.6 is 15.9 Å². The van der Waals surface area contributed by atoms with Crippen molar-refractivity contribution in [3.63, 3.8) is 0 Å². The molecule has 1 aromatic heterocycles. The lowest BCUT2D eigenvalue weighted by molar-refractivity contribution is 0.0997. The predicted molar refractivity (Wildman–Crippen MR) is 101 cm³/mol. The van der Waals surface area contributed by atoms with Crippen molar-refractivity contribution in [1.29, 1.82) is 0 Å². The Balaban J connectivity index is 2.07. The van der Waals surface area contributed by atoms with Gasteiger partial charge in [0.25, 0.3) is 5.91 Å². The number of pyridine rings is 1. The maximum absolute atomic E-state index is 11.7. The van der Waals surface area contributed by atoms with Crippen LogP contribution in [0.15, 0.2) is 22.8 Å². The van der Waals surface area contributed by atoms with E-state index < -0.39 is 12.0 Å². The van der Waals surface area contributed by atoms with Crippen LogP contribution in [-0.2, 0) is 0 Å². The van der Waals surface area contributed by atoms with Crippen LogP contribution in [0.1, 0.15) is 23.2 Å². The number of hydrogen-bond donors (Lipinski definition) is 3. The second-order valence-corrected chi connectivity index (χ2v) is 6.98. The van der Waals surface area contributed by atoms with Crippen molar-refractivity contribution >= 4 is 44.5 Å². The van der Waals surface area contributed by atoms with Gasteiger partial charge in [-0.05, 0) is 40.9 Å². The van der Waals surface area contributed by atoms with Gasteiger partial charge in [0.15, 0.2) is 0 Å². The number of nitrogens with zero attached hydrogens (tertiary/aromatic N) is 2. The fourth-order valence-corrected chi connectivity index (χ4v) is 3.73. The molecule has 0 aliphatic carbocycles. The van der Waals surface area contributed by atoms with Gasteiger partial charge < -0.3 is 25.8 Å². The standard InChI is InChI=1S/C17H19BrN4O4/c1-26-14-6-11-10(5-12(14)15(19)23)13(18)7-20-16(11)22-4-2-3-9(8-22)21-17(24)25/h5-7,9,21H,2-4,8H2,1H3,(H2,19,23)(H,24,25)/t9-/m0/s1. The molecule has 0 spiro atoms. The fourth-order valence-electron chi connectivity index (χ4n) is 3.29. The molecule has 0 unspecified atom stereocenters. The zero-order chi connectivity index (χ0) is 18.8. The SMILES string of the molecule is COc1cc2c(N3CCC[C@H](NC(=O)O)C3)ncc(Br)c2cc1C(N)=O. The first kappa shape index (κ1) is 18.2. The molecular weight excluding hydrogens is 404 g/mol. The van der Waals surface area contributed by atoms with E-state index in [1.54, 1.807) is 18.3 Å².